The van der Waals surface area contributed by atoms with Crippen LogP contribution in [0.1, 0.15) is 6.92 Å². The number of fused-ring (bicyclic) bond motifs is 2. The van der Waals surface area contributed by atoms with Crippen LogP contribution < -0.4 is 20.1 Å². The first-order valence-corrected chi connectivity index (χ1v) is 10.2. The van der Waals surface area contributed by atoms with Crippen molar-refractivity contribution in [1.29, 1.82) is 0 Å². The number of amides is 2. The van der Waals surface area contributed by atoms with E-state index < -0.39 is 6.04 Å². The van der Waals surface area contributed by atoms with Crippen molar-refractivity contribution < 1.29 is 19.1 Å². The maximum Gasteiger partial charge on any atom is 0.241 e. The summed E-state index contributed by atoms with van der Waals surface area (Å²) in [6.07, 6.45) is 0. The number of benzene rings is 3. The Morgan fingerprint density at radius 2 is 1.71 bits per heavy atom. The number of nitrogens with one attached hydrogen (secondary N) is 2. The number of hydrogen-bond donors (Lipinski definition) is 2. The maximum atomic E-state index is 12.7. The first kappa shape index (κ1) is 20.7. The van der Waals surface area contributed by atoms with Crippen LogP contribution in [-0.4, -0.2) is 49.6 Å². The monoisotopic (exact) mass is 419 g/mol. The number of nitrogens with zero attached hydrogens (tertiary/aromatic N) is 1. The number of anilines is 2. The highest BCUT2D eigenvalue weighted by Crippen LogP contribution is 2.32. The van der Waals surface area contributed by atoms with Crippen molar-refractivity contribution >= 4 is 34.0 Å². The second-order valence-corrected chi connectivity index (χ2v) is 7.51. The lowest BCUT2D eigenvalue weighted by Crippen LogP contribution is -2.43. The van der Waals surface area contributed by atoms with Crippen LogP contribution in [0, 0.1) is 0 Å². The van der Waals surface area contributed by atoms with Gasteiger partial charge in [-0.2, -0.15) is 0 Å². The van der Waals surface area contributed by atoms with Crippen molar-refractivity contribution in [3.8, 4) is 11.5 Å². The first-order chi connectivity index (χ1) is 15.0. The zero-order valence-corrected chi connectivity index (χ0v) is 17.6. The lowest BCUT2D eigenvalue weighted by atomic mass is 10.1. The molecule has 3 aromatic rings. The van der Waals surface area contributed by atoms with Gasteiger partial charge < -0.3 is 20.1 Å². The van der Waals surface area contributed by atoms with E-state index in [0.717, 1.165) is 16.5 Å². The summed E-state index contributed by atoms with van der Waals surface area (Å²) in [5.74, 6) is 0.883. The lowest BCUT2D eigenvalue weighted by molar-refractivity contribution is -0.122. The molecule has 7 heteroatoms. The summed E-state index contributed by atoms with van der Waals surface area (Å²) in [6, 6.07) is 18.4. The van der Waals surface area contributed by atoms with Gasteiger partial charge in [0.25, 0.3) is 0 Å². The van der Waals surface area contributed by atoms with E-state index in [1.165, 1.54) is 0 Å². The van der Waals surface area contributed by atoms with Crippen LogP contribution in [0.2, 0.25) is 0 Å². The predicted molar refractivity (Wildman–Crippen MR) is 121 cm³/mol. The van der Waals surface area contributed by atoms with Crippen molar-refractivity contribution in [2.45, 2.75) is 13.0 Å². The number of likely N-dealkylation sites (N-methyl/N-ethyl adjacent to an activating group) is 1. The van der Waals surface area contributed by atoms with E-state index in [0.29, 0.717) is 30.4 Å². The van der Waals surface area contributed by atoms with E-state index in [9.17, 15) is 9.59 Å². The van der Waals surface area contributed by atoms with Gasteiger partial charge in [-0.15, -0.1) is 0 Å². The van der Waals surface area contributed by atoms with Gasteiger partial charge in [0.15, 0.2) is 11.5 Å². The average Bonchev–Trinajstić information content (AvgIpc) is 2.78. The van der Waals surface area contributed by atoms with Crippen molar-refractivity contribution in [1.82, 2.24) is 4.90 Å². The first-order valence-electron chi connectivity index (χ1n) is 10.2. The van der Waals surface area contributed by atoms with Crippen LogP contribution in [0.25, 0.3) is 10.8 Å². The molecule has 2 N–H and O–H groups in total. The highest BCUT2D eigenvalue weighted by Gasteiger charge is 2.21. The van der Waals surface area contributed by atoms with Crippen molar-refractivity contribution in [3.05, 3.63) is 60.7 Å². The molecule has 0 saturated carbocycles. The molecule has 0 unspecified atom stereocenters. The Kier molecular flexibility index (Phi) is 6.04. The summed E-state index contributed by atoms with van der Waals surface area (Å²) < 4.78 is 11.1. The van der Waals surface area contributed by atoms with Gasteiger partial charge in [-0.1, -0.05) is 36.4 Å². The molecule has 0 fully saturated rings. The Balaban J connectivity index is 1.35. The molecule has 0 aromatic heterocycles. The molecule has 160 valence electrons. The van der Waals surface area contributed by atoms with Crippen molar-refractivity contribution in [2.24, 2.45) is 0 Å². The number of carbonyl (C=O) groups excluding carboxylic acids is 2. The zero-order chi connectivity index (χ0) is 21.8. The Morgan fingerprint density at radius 1 is 0.968 bits per heavy atom. The van der Waals surface area contributed by atoms with Gasteiger partial charge in [0.2, 0.25) is 11.8 Å². The topological polar surface area (TPSA) is 79.9 Å². The predicted octanol–water partition coefficient (Wildman–Crippen LogP) is 3.51. The molecular weight excluding hydrogens is 394 g/mol. The third kappa shape index (κ3) is 4.78. The minimum absolute atomic E-state index is 0.0823. The minimum atomic E-state index is -0.508. The second kappa shape index (κ2) is 9.06. The molecule has 0 aliphatic carbocycles. The number of carbonyl (C=O) groups is 2. The standard InChI is InChI=1S/C24H25N3O4/c1-16(24(29)25-18-10-11-21-22(14-18)31-13-12-30-21)27(2)15-23(28)26-20-9-5-7-17-6-3-4-8-19(17)20/h3-11,14,16H,12-13,15H2,1-2H3,(H,25,29)(H,26,28)/t16-/m1/s1. The fourth-order valence-electron chi connectivity index (χ4n) is 3.46. The molecule has 4 rings (SSSR count). The molecule has 2 amide bonds. The van der Waals surface area contributed by atoms with Gasteiger partial charge in [0, 0.05) is 22.8 Å². The highest BCUT2D eigenvalue weighted by atomic mass is 16.6. The van der Waals surface area contributed by atoms with E-state index in [-0.39, 0.29) is 18.4 Å². The smallest absolute Gasteiger partial charge is 0.241 e. The molecule has 0 bridgehead atoms. The molecule has 0 spiro atoms. The van der Waals surface area contributed by atoms with Gasteiger partial charge in [-0.05, 0) is 37.6 Å². The largest absolute Gasteiger partial charge is 0.486 e. The fourth-order valence-corrected chi connectivity index (χ4v) is 3.46. The molecular formula is C24H25N3O4. The quantitative estimate of drug-likeness (QED) is 0.639. The van der Waals surface area contributed by atoms with E-state index >= 15 is 0 Å². The Hall–Kier alpha value is -3.58. The van der Waals surface area contributed by atoms with E-state index in [4.69, 9.17) is 9.47 Å². The van der Waals surface area contributed by atoms with Crippen LogP contribution >= 0.6 is 0 Å². The molecule has 1 heterocycles. The molecule has 31 heavy (non-hydrogen) atoms. The molecule has 0 saturated heterocycles. The summed E-state index contributed by atoms with van der Waals surface area (Å²) in [4.78, 5) is 27.0. The van der Waals surface area contributed by atoms with Crippen LogP contribution in [0.15, 0.2) is 60.7 Å². The zero-order valence-electron chi connectivity index (χ0n) is 17.6. The van der Waals surface area contributed by atoms with Crippen LogP contribution in [-0.2, 0) is 9.59 Å². The summed E-state index contributed by atoms with van der Waals surface area (Å²) in [5, 5.41) is 7.86. The van der Waals surface area contributed by atoms with E-state index in [2.05, 4.69) is 10.6 Å². The molecule has 7 nitrogen and oxygen atoms in total. The fraction of sp³-hybridized carbons (Fsp3) is 0.250. The minimum Gasteiger partial charge on any atom is -0.486 e. The van der Waals surface area contributed by atoms with Crippen molar-refractivity contribution in [2.75, 3.05) is 37.4 Å². The van der Waals surface area contributed by atoms with Gasteiger partial charge in [-0.25, -0.2) is 0 Å². The van der Waals surface area contributed by atoms with Crippen LogP contribution in [0.4, 0.5) is 11.4 Å². The van der Waals surface area contributed by atoms with Gasteiger partial charge in [0.05, 0.1) is 12.6 Å². The van der Waals surface area contributed by atoms with Gasteiger partial charge in [0.1, 0.15) is 13.2 Å². The van der Waals surface area contributed by atoms with Gasteiger partial charge >= 0.3 is 0 Å². The summed E-state index contributed by atoms with van der Waals surface area (Å²) in [6.45, 7) is 2.84. The van der Waals surface area contributed by atoms with Crippen LogP contribution in [0.3, 0.4) is 0 Å². The summed E-state index contributed by atoms with van der Waals surface area (Å²) in [7, 11) is 1.75. The molecule has 1 atom stereocenters. The molecule has 1 aliphatic rings. The molecule has 3 aromatic carbocycles. The lowest BCUT2D eigenvalue weighted by Gasteiger charge is -2.24. The maximum absolute atomic E-state index is 12.7. The van der Waals surface area contributed by atoms with Gasteiger partial charge in [-0.3, -0.25) is 14.5 Å². The molecule has 1 aliphatic heterocycles. The summed E-state index contributed by atoms with van der Waals surface area (Å²) >= 11 is 0. The Morgan fingerprint density at radius 3 is 2.55 bits per heavy atom. The second-order valence-electron chi connectivity index (χ2n) is 7.51. The molecule has 0 radical (unpaired) electrons. The third-order valence-corrected chi connectivity index (χ3v) is 5.31. The number of hydrogen-bond acceptors (Lipinski definition) is 5. The Bertz CT molecular complexity index is 1110. The number of rotatable bonds is 6. The van der Waals surface area contributed by atoms with Crippen LogP contribution in [0.5, 0.6) is 11.5 Å². The van der Waals surface area contributed by atoms with Crippen molar-refractivity contribution in [3.63, 3.8) is 0 Å². The summed E-state index contributed by atoms with van der Waals surface area (Å²) in [5.41, 5.74) is 1.37. The Labute approximate surface area is 180 Å². The number of ether oxygens (including phenoxy) is 2. The normalized spacial score (nSPS) is 13.6. The van der Waals surface area contributed by atoms with E-state index in [1.807, 2.05) is 42.5 Å². The average molecular weight is 419 g/mol. The third-order valence-electron chi connectivity index (χ3n) is 5.31. The highest BCUT2D eigenvalue weighted by molar-refractivity contribution is 6.03. The van der Waals surface area contributed by atoms with E-state index in [1.54, 1.807) is 37.1 Å². The SMILES string of the molecule is C[C@H](C(=O)Nc1ccc2c(c1)OCCO2)N(C)CC(=O)Nc1cccc2ccccc12.